The van der Waals surface area contributed by atoms with Crippen molar-refractivity contribution in [3.05, 3.63) is 71.0 Å². The summed E-state index contributed by atoms with van der Waals surface area (Å²) in [6.07, 6.45) is 0.826. The third-order valence-corrected chi connectivity index (χ3v) is 5.26. The summed E-state index contributed by atoms with van der Waals surface area (Å²) in [7, 11) is 0. The molecule has 0 aliphatic heterocycles. The van der Waals surface area contributed by atoms with Gasteiger partial charge < -0.3 is 10.2 Å². The standard InChI is InChI=1S/C25H33FN2O2/c1-6-27-24(30)18(2)28(17-20-9-7-8-10-22(20)26)23(29)16-13-19-11-14-21(15-12-19)25(3,4)5/h7-12,14-15,18H,6,13,16-17H2,1-5H3,(H,27,30)/t18-/m1/s1. The minimum Gasteiger partial charge on any atom is -0.355 e. The molecule has 162 valence electrons. The molecule has 5 heteroatoms. The predicted octanol–water partition coefficient (Wildman–Crippen LogP) is 4.61. The second-order valence-electron chi connectivity index (χ2n) is 8.63. The van der Waals surface area contributed by atoms with Gasteiger partial charge in [0.05, 0.1) is 0 Å². The lowest BCUT2D eigenvalue weighted by atomic mass is 9.86. The van der Waals surface area contributed by atoms with Crippen LogP contribution in [0.1, 0.15) is 57.7 Å². The highest BCUT2D eigenvalue weighted by Gasteiger charge is 2.26. The third kappa shape index (κ3) is 6.41. The molecule has 2 aromatic carbocycles. The molecule has 0 spiro atoms. The Labute approximate surface area is 179 Å². The molecule has 0 bridgehead atoms. The molecule has 0 aromatic heterocycles. The van der Waals surface area contributed by atoms with Crippen LogP contribution in [0.4, 0.5) is 4.39 Å². The molecule has 0 heterocycles. The van der Waals surface area contributed by atoms with E-state index in [1.165, 1.54) is 16.5 Å². The molecule has 1 atom stereocenters. The summed E-state index contributed by atoms with van der Waals surface area (Å²) in [6.45, 7) is 10.5. The van der Waals surface area contributed by atoms with Gasteiger partial charge in [-0.1, -0.05) is 63.2 Å². The summed E-state index contributed by atoms with van der Waals surface area (Å²) in [6, 6.07) is 13.9. The van der Waals surface area contributed by atoms with Gasteiger partial charge in [-0.3, -0.25) is 9.59 Å². The molecule has 30 heavy (non-hydrogen) atoms. The monoisotopic (exact) mass is 412 g/mol. The Morgan fingerprint density at radius 3 is 2.27 bits per heavy atom. The minimum atomic E-state index is -0.680. The Bertz CT molecular complexity index is 856. The summed E-state index contributed by atoms with van der Waals surface area (Å²) in [5, 5.41) is 2.75. The molecule has 0 fully saturated rings. The van der Waals surface area contributed by atoms with Crippen LogP contribution in [0.2, 0.25) is 0 Å². The van der Waals surface area contributed by atoms with Gasteiger partial charge in [-0.2, -0.15) is 0 Å². The molecule has 2 rings (SSSR count). The van der Waals surface area contributed by atoms with E-state index < -0.39 is 6.04 Å². The number of likely N-dealkylation sites (N-methyl/N-ethyl adjacent to an activating group) is 1. The number of aryl methyl sites for hydroxylation is 1. The van der Waals surface area contributed by atoms with Crippen LogP contribution in [0.5, 0.6) is 0 Å². The van der Waals surface area contributed by atoms with E-state index in [0.717, 1.165) is 5.56 Å². The van der Waals surface area contributed by atoms with Gasteiger partial charge >= 0.3 is 0 Å². The van der Waals surface area contributed by atoms with Gasteiger partial charge in [0.2, 0.25) is 11.8 Å². The van der Waals surface area contributed by atoms with E-state index in [2.05, 4.69) is 38.2 Å². The van der Waals surface area contributed by atoms with Crippen molar-refractivity contribution in [2.75, 3.05) is 6.54 Å². The topological polar surface area (TPSA) is 49.4 Å². The first-order valence-electron chi connectivity index (χ1n) is 10.5. The highest BCUT2D eigenvalue weighted by molar-refractivity contribution is 5.87. The fourth-order valence-corrected chi connectivity index (χ4v) is 3.28. The second-order valence-corrected chi connectivity index (χ2v) is 8.63. The third-order valence-electron chi connectivity index (χ3n) is 5.26. The van der Waals surface area contributed by atoms with Crippen LogP contribution in [0.15, 0.2) is 48.5 Å². The number of hydrogen-bond donors (Lipinski definition) is 1. The molecule has 2 amide bonds. The maximum Gasteiger partial charge on any atom is 0.242 e. The van der Waals surface area contributed by atoms with Crippen molar-refractivity contribution in [1.29, 1.82) is 0 Å². The average molecular weight is 413 g/mol. The van der Waals surface area contributed by atoms with Crippen molar-refractivity contribution in [2.45, 2.75) is 65.5 Å². The molecule has 2 aromatic rings. The van der Waals surface area contributed by atoms with E-state index >= 15 is 0 Å². The molecule has 0 aliphatic rings. The van der Waals surface area contributed by atoms with E-state index in [4.69, 9.17) is 0 Å². The van der Waals surface area contributed by atoms with Gasteiger partial charge in [0, 0.05) is 25.1 Å². The first-order chi connectivity index (χ1) is 14.1. The smallest absolute Gasteiger partial charge is 0.242 e. The van der Waals surface area contributed by atoms with Crippen LogP contribution in [0.3, 0.4) is 0 Å². The van der Waals surface area contributed by atoms with E-state index in [0.29, 0.717) is 18.5 Å². The molecule has 0 saturated carbocycles. The van der Waals surface area contributed by atoms with Crippen LogP contribution in [0.25, 0.3) is 0 Å². The zero-order valence-corrected chi connectivity index (χ0v) is 18.7. The molecule has 0 unspecified atom stereocenters. The molecule has 1 N–H and O–H groups in total. The minimum absolute atomic E-state index is 0.0623. The molecule has 0 radical (unpaired) electrons. The number of rotatable bonds is 8. The first-order valence-corrected chi connectivity index (χ1v) is 10.5. The molecule has 0 aliphatic carbocycles. The highest BCUT2D eigenvalue weighted by atomic mass is 19.1. The predicted molar refractivity (Wildman–Crippen MR) is 119 cm³/mol. The van der Waals surface area contributed by atoms with Crippen molar-refractivity contribution < 1.29 is 14.0 Å². The highest BCUT2D eigenvalue weighted by Crippen LogP contribution is 2.23. The van der Waals surface area contributed by atoms with Crippen LogP contribution in [-0.2, 0) is 28.0 Å². The number of nitrogens with zero attached hydrogens (tertiary/aromatic N) is 1. The van der Waals surface area contributed by atoms with Crippen molar-refractivity contribution in [2.24, 2.45) is 0 Å². The number of benzene rings is 2. The fraction of sp³-hybridized carbons (Fsp3) is 0.440. The SMILES string of the molecule is CCNC(=O)[C@@H](C)N(Cc1ccccc1F)C(=O)CCc1ccc(C(C)(C)C)cc1. The van der Waals surface area contributed by atoms with Crippen LogP contribution >= 0.6 is 0 Å². The first kappa shape index (κ1) is 23.6. The Hall–Kier alpha value is -2.69. The lowest BCUT2D eigenvalue weighted by Crippen LogP contribution is -2.47. The molecule has 4 nitrogen and oxygen atoms in total. The second kappa shape index (κ2) is 10.4. The van der Waals surface area contributed by atoms with Crippen LogP contribution in [-0.4, -0.2) is 29.3 Å². The van der Waals surface area contributed by atoms with E-state index in [-0.39, 0.29) is 36.0 Å². The number of halogens is 1. The summed E-state index contributed by atoms with van der Waals surface area (Å²) in [5.74, 6) is -0.787. The van der Waals surface area contributed by atoms with Gasteiger partial charge in [0.1, 0.15) is 11.9 Å². The molecular weight excluding hydrogens is 379 g/mol. The van der Waals surface area contributed by atoms with Crippen LogP contribution in [0, 0.1) is 5.82 Å². The summed E-state index contributed by atoms with van der Waals surface area (Å²) >= 11 is 0. The summed E-state index contributed by atoms with van der Waals surface area (Å²) < 4.78 is 14.2. The number of carbonyl (C=O) groups is 2. The van der Waals surface area contributed by atoms with Gasteiger partial charge in [0.15, 0.2) is 0 Å². The Morgan fingerprint density at radius 1 is 1.07 bits per heavy atom. The van der Waals surface area contributed by atoms with Crippen molar-refractivity contribution >= 4 is 11.8 Å². The normalized spacial score (nSPS) is 12.3. The van der Waals surface area contributed by atoms with E-state index in [1.54, 1.807) is 25.1 Å². The zero-order chi connectivity index (χ0) is 22.3. The Kier molecular flexibility index (Phi) is 8.16. The summed E-state index contributed by atoms with van der Waals surface area (Å²) in [5.41, 5.74) is 2.78. The zero-order valence-electron chi connectivity index (χ0n) is 18.7. The van der Waals surface area contributed by atoms with E-state index in [9.17, 15) is 14.0 Å². The van der Waals surface area contributed by atoms with Crippen LogP contribution < -0.4 is 5.32 Å². The number of carbonyl (C=O) groups excluding carboxylic acids is 2. The Balaban J connectivity index is 2.13. The number of hydrogen-bond acceptors (Lipinski definition) is 2. The van der Waals surface area contributed by atoms with Crippen molar-refractivity contribution in [1.82, 2.24) is 10.2 Å². The quantitative estimate of drug-likeness (QED) is 0.688. The Morgan fingerprint density at radius 2 is 1.70 bits per heavy atom. The molecular formula is C25H33FN2O2. The lowest BCUT2D eigenvalue weighted by molar-refractivity contribution is -0.140. The maximum absolute atomic E-state index is 14.2. The van der Waals surface area contributed by atoms with Gasteiger partial charge in [-0.25, -0.2) is 4.39 Å². The van der Waals surface area contributed by atoms with Gasteiger partial charge in [-0.05, 0) is 42.9 Å². The number of amides is 2. The molecule has 0 saturated heterocycles. The van der Waals surface area contributed by atoms with Gasteiger partial charge in [-0.15, -0.1) is 0 Å². The maximum atomic E-state index is 14.2. The summed E-state index contributed by atoms with van der Waals surface area (Å²) in [4.78, 5) is 26.9. The largest absolute Gasteiger partial charge is 0.355 e. The number of nitrogens with one attached hydrogen (secondary N) is 1. The average Bonchev–Trinajstić information content (AvgIpc) is 2.70. The van der Waals surface area contributed by atoms with E-state index in [1.807, 2.05) is 19.1 Å². The van der Waals surface area contributed by atoms with Crippen molar-refractivity contribution in [3.63, 3.8) is 0 Å². The fourth-order valence-electron chi connectivity index (χ4n) is 3.28. The lowest BCUT2D eigenvalue weighted by Gasteiger charge is -2.29. The van der Waals surface area contributed by atoms with Crippen molar-refractivity contribution in [3.8, 4) is 0 Å². The van der Waals surface area contributed by atoms with Gasteiger partial charge in [0.25, 0.3) is 0 Å².